The van der Waals surface area contributed by atoms with Crippen LogP contribution < -0.4 is 4.74 Å². The molecule has 104 valence electrons. The maximum atomic E-state index is 13.1. The van der Waals surface area contributed by atoms with E-state index < -0.39 is 10.7 Å². The summed E-state index contributed by atoms with van der Waals surface area (Å²) in [5, 5.41) is 11.0. The van der Waals surface area contributed by atoms with Crippen LogP contribution in [0.3, 0.4) is 0 Å². The first-order valence-corrected chi connectivity index (χ1v) is 6.32. The van der Waals surface area contributed by atoms with E-state index in [1.54, 1.807) is 13.0 Å². The molecule has 0 saturated heterocycles. The number of nitrogens with zero attached hydrogens (tertiary/aromatic N) is 1. The number of rotatable bonds is 4. The zero-order valence-corrected chi connectivity index (χ0v) is 11.4. The second-order valence-electron chi connectivity index (χ2n) is 4.22. The van der Waals surface area contributed by atoms with Gasteiger partial charge in [-0.05, 0) is 36.8 Å². The lowest BCUT2D eigenvalue weighted by molar-refractivity contribution is -0.385. The smallest absolute Gasteiger partial charge is 0.311 e. The molecule has 2 aromatic rings. The number of aryl methyl sites for hydroxylation is 1. The van der Waals surface area contributed by atoms with Crippen LogP contribution in [-0.2, 0) is 5.88 Å². The SMILES string of the molecule is Cc1ccc(Oc2ccc(F)cc2CCl)c([N+](=O)[O-])c1. The van der Waals surface area contributed by atoms with Gasteiger partial charge in [-0.1, -0.05) is 6.07 Å². The standard InChI is InChI=1S/C14H11ClFNO3/c1-9-2-4-14(12(6-9)17(18)19)20-13-5-3-11(16)7-10(13)8-15/h2-7H,8H2,1H3. The second-order valence-corrected chi connectivity index (χ2v) is 4.48. The average Bonchev–Trinajstić information content (AvgIpc) is 2.42. The Morgan fingerprint density at radius 2 is 1.95 bits per heavy atom. The van der Waals surface area contributed by atoms with Gasteiger partial charge in [-0.15, -0.1) is 11.6 Å². The number of alkyl halides is 1. The molecule has 0 spiro atoms. The fourth-order valence-electron chi connectivity index (χ4n) is 1.73. The number of nitro groups is 1. The van der Waals surface area contributed by atoms with E-state index in [9.17, 15) is 14.5 Å². The Labute approximate surface area is 119 Å². The molecular weight excluding hydrogens is 285 g/mol. The summed E-state index contributed by atoms with van der Waals surface area (Å²) < 4.78 is 18.6. The molecule has 0 aliphatic rings. The van der Waals surface area contributed by atoms with Crippen LogP contribution in [0.2, 0.25) is 0 Å². The Morgan fingerprint density at radius 3 is 2.60 bits per heavy atom. The van der Waals surface area contributed by atoms with Gasteiger partial charge in [0.1, 0.15) is 11.6 Å². The van der Waals surface area contributed by atoms with Crippen LogP contribution in [0.5, 0.6) is 11.5 Å². The summed E-state index contributed by atoms with van der Waals surface area (Å²) in [6, 6.07) is 8.48. The quantitative estimate of drug-likeness (QED) is 0.471. The minimum absolute atomic E-state index is 0.0484. The third kappa shape index (κ3) is 3.05. The highest BCUT2D eigenvalue weighted by molar-refractivity contribution is 6.17. The normalized spacial score (nSPS) is 10.3. The van der Waals surface area contributed by atoms with E-state index in [-0.39, 0.29) is 17.3 Å². The van der Waals surface area contributed by atoms with E-state index in [2.05, 4.69) is 0 Å². The van der Waals surface area contributed by atoms with Gasteiger partial charge in [0.15, 0.2) is 0 Å². The van der Waals surface area contributed by atoms with Crippen molar-refractivity contribution in [2.75, 3.05) is 0 Å². The van der Waals surface area contributed by atoms with Gasteiger partial charge in [-0.2, -0.15) is 0 Å². The minimum Gasteiger partial charge on any atom is -0.450 e. The zero-order chi connectivity index (χ0) is 14.7. The van der Waals surface area contributed by atoms with E-state index in [4.69, 9.17) is 16.3 Å². The fourth-order valence-corrected chi connectivity index (χ4v) is 1.94. The first-order valence-electron chi connectivity index (χ1n) is 5.78. The van der Waals surface area contributed by atoms with Crippen LogP contribution in [0.15, 0.2) is 36.4 Å². The maximum absolute atomic E-state index is 13.1. The zero-order valence-electron chi connectivity index (χ0n) is 10.6. The predicted octanol–water partition coefficient (Wildman–Crippen LogP) is 4.57. The summed E-state index contributed by atoms with van der Waals surface area (Å²) in [6.07, 6.45) is 0. The summed E-state index contributed by atoms with van der Waals surface area (Å²) in [5.74, 6) is 0.00516. The van der Waals surface area contributed by atoms with Crippen molar-refractivity contribution in [3.63, 3.8) is 0 Å². The molecule has 0 atom stereocenters. The molecular formula is C14H11ClFNO3. The van der Waals surface area contributed by atoms with Crippen molar-refractivity contribution in [1.82, 2.24) is 0 Å². The average molecular weight is 296 g/mol. The lowest BCUT2D eigenvalue weighted by atomic mass is 10.2. The molecule has 20 heavy (non-hydrogen) atoms. The Hall–Kier alpha value is -2.14. The second kappa shape index (κ2) is 5.88. The summed E-state index contributed by atoms with van der Waals surface area (Å²) in [4.78, 5) is 10.5. The van der Waals surface area contributed by atoms with Crippen molar-refractivity contribution in [2.45, 2.75) is 12.8 Å². The highest BCUT2D eigenvalue weighted by Gasteiger charge is 2.17. The molecule has 0 bridgehead atoms. The van der Waals surface area contributed by atoms with Crippen LogP contribution >= 0.6 is 11.6 Å². The number of nitro benzene ring substituents is 1. The monoisotopic (exact) mass is 295 g/mol. The van der Waals surface area contributed by atoms with Crippen LogP contribution in [0.4, 0.5) is 10.1 Å². The molecule has 0 unspecified atom stereocenters. The van der Waals surface area contributed by atoms with Crippen LogP contribution in [0, 0.1) is 22.9 Å². The Bertz CT molecular complexity index is 661. The number of ether oxygens (including phenoxy) is 1. The molecule has 0 aromatic heterocycles. The molecule has 0 N–H and O–H groups in total. The number of hydrogen-bond acceptors (Lipinski definition) is 3. The Kier molecular flexibility index (Phi) is 4.20. The molecule has 2 rings (SSSR count). The van der Waals surface area contributed by atoms with Gasteiger partial charge in [-0.3, -0.25) is 10.1 Å². The first-order chi connectivity index (χ1) is 9.51. The molecule has 0 aliphatic carbocycles. The summed E-state index contributed by atoms with van der Waals surface area (Å²) in [5.41, 5.74) is 1.04. The number of hydrogen-bond donors (Lipinski definition) is 0. The number of benzene rings is 2. The highest BCUT2D eigenvalue weighted by atomic mass is 35.5. The van der Waals surface area contributed by atoms with Crippen molar-refractivity contribution in [2.24, 2.45) is 0 Å². The van der Waals surface area contributed by atoms with Crippen LogP contribution in [0.1, 0.15) is 11.1 Å². The Balaban J connectivity index is 2.42. The van der Waals surface area contributed by atoms with Crippen molar-refractivity contribution in [3.05, 3.63) is 63.5 Å². The third-order valence-corrected chi connectivity index (χ3v) is 2.99. The van der Waals surface area contributed by atoms with E-state index in [1.165, 1.54) is 30.3 Å². The molecule has 0 fully saturated rings. The van der Waals surface area contributed by atoms with Crippen molar-refractivity contribution < 1.29 is 14.1 Å². The molecule has 0 amide bonds. The topological polar surface area (TPSA) is 52.4 Å². The molecule has 2 aromatic carbocycles. The molecule has 0 aliphatic heterocycles. The summed E-state index contributed by atoms with van der Waals surface area (Å²) in [7, 11) is 0. The molecule has 4 nitrogen and oxygen atoms in total. The van der Waals surface area contributed by atoms with Gasteiger partial charge < -0.3 is 4.74 Å². The number of halogens is 2. The van der Waals surface area contributed by atoms with E-state index in [0.717, 1.165) is 5.56 Å². The van der Waals surface area contributed by atoms with Crippen LogP contribution in [0.25, 0.3) is 0 Å². The first kappa shape index (κ1) is 14.3. The predicted molar refractivity (Wildman–Crippen MR) is 73.9 cm³/mol. The van der Waals surface area contributed by atoms with Crippen LogP contribution in [-0.4, -0.2) is 4.92 Å². The van der Waals surface area contributed by atoms with E-state index >= 15 is 0 Å². The Morgan fingerprint density at radius 1 is 1.25 bits per heavy atom. The van der Waals surface area contributed by atoms with E-state index in [0.29, 0.717) is 11.3 Å². The molecule has 0 heterocycles. The van der Waals surface area contributed by atoms with Gasteiger partial charge in [0, 0.05) is 11.6 Å². The summed E-state index contributed by atoms with van der Waals surface area (Å²) >= 11 is 5.72. The lowest BCUT2D eigenvalue weighted by Crippen LogP contribution is -1.96. The van der Waals surface area contributed by atoms with Gasteiger partial charge in [-0.25, -0.2) is 4.39 Å². The third-order valence-electron chi connectivity index (χ3n) is 2.70. The fraction of sp³-hybridized carbons (Fsp3) is 0.143. The maximum Gasteiger partial charge on any atom is 0.311 e. The summed E-state index contributed by atoms with van der Waals surface area (Å²) in [6.45, 7) is 1.75. The van der Waals surface area contributed by atoms with Crippen molar-refractivity contribution >= 4 is 17.3 Å². The van der Waals surface area contributed by atoms with Crippen molar-refractivity contribution in [1.29, 1.82) is 0 Å². The van der Waals surface area contributed by atoms with Gasteiger partial charge in [0.2, 0.25) is 5.75 Å². The lowest BCUT2D eigenvalue weighted by Gasteiger charge is -2.10. The van der Waals surface area contributed by atoms with Gasteiger partial charge >= 0.3 is 5.69 Å². The minimum atomic E-state index is -0.522. The molecule has 6 heteroatoms. The largest absolute Gasteiger partial charge is 0.450 e. The van der Waals surface area contributed by atoms with E-state index in [1.807, 2.05) is 0 Å². The van der Waals surface area contributed by atoms with Crippen molar-refractivity contribution in [3.8, 4) is 11.5 Å². The van der Waals surface area contributed by atoms with Gasteiger partial charge in [0.25, 0.3) is 0 Å². The highest BCUT2D eigenvalue weighted by Crippen LogP contribution is 2.34. The van der Waals surface area contributed by atoms with Gasteiger partial charge in [0.05, 0.1) is 10.8 Å². The molecule has 0 radical (unpaired) electrons. The molecule has 0 saturated carbocycles.